The fraction of sp³-hybridized carbons (Fsp3) is 0.316. The summed E-state index contributed by atoms with van der Waals surface area (Å²) in [6.45, 7) is 2.05. The first kappa shape index (κ1) is 17.5. The summed E-state index contributed by atoms with van der Waals surface area (Å²) in [6.07, 6.45) is 3.50. The molecule has 0 aliphatic carbocycles. The summed E-state index contributed by atoms with van der Waals surface area (Å²) < 4.78 is 2.60. The summed E-state index contributed by atoms with van der Waals surface area (Å²) in [6, 6.07) is 10.3. The van der Waals surface area contributed by atoms with Gasteiger partial charge in [-0.1, -0.05) is 37.3 Å². The van der Waals surface area contributed by atoms with Crippen molar-refractivity contribution < 1.29 is 0 Å². The summed E-state index contributed by atoms with van der Waals surface area (Å²) in [5, 5.41) is 0.544. The Kier molecular flexibility index (Phi) is 5.08. The Labute approximate surface area is 150 Å². The lowest BCUT2D eigenvalue weighted by molar-refractivity contribution is 0.705. The molecule has 0 N–H and O–H groups in total. The quantitative estimate of drug-likeness (QED) is 0.660. The lowest BCUT2D eigenvalue weighted by Gasteiger charge is -2.13. The highest BCUT2D eigenvalue weighted by Crippen LogP contribution is 2.29. The molecular weight excluding hydrogens is 334 g/mol. The first-order valence-corrected chi connectivity index (χ1v) is 9.27. The van der Waals surface area contributed by atoms with Crippen LogP contribution in [0, 0.1) is 0 Å². The number of hydrogen-bond acceptors (Lipinski definition) is 4. The Morgan fingerprint density at radius 1 is 1.08 bits per heavy atom. The molecule has 0 radical (unpaired) electrons. The lowest BCUT2D eigenvalue weighted by Crippen LogP contribution is -2.37. The molecule has 0 aliphatic heterocycles. The first-order valence-electron chi connectivity index (χ1n) is 8.29. The largest absolute Gasteiger partial charge is 0.332 e. The summed E-state index contributed by atoms with van der Waals surface area (Å²) >= 11 is 1.66. The van der Waals surface area contributed by atoms with Gasteiger partial charge in [0.25, 0.3) is 5.56 Å². The van der Waals surface area contributed by atoms with Crippen molar-refractivity contribution >= 4 is 22.8 Å². The van der Waals surface area contributed by atoms with Gasteiger partial charge in [-0.25, -0.2) is 9.78 Å². The van der Waals surface area contributed by atoms with E-state index in [9.17, 15) is 9.59 Å². The van der Waals surface area contributed by atoms with Crippen LogP contribution in [-0.4, -0.2) is 19.9 Å². The number of aromatic nitrogens is 3. The van der Waals surface area contributed by atoms with Crippen LogP contribution < -0.4 is 11.2 Å². The van der Waals surface area contributed by atoms with Gasteiger partial charge in [0.1, 0.15) is 5.65 Å². The second-order valence-corrected chi connectivity index (χ2v) is 7.06. The van der Waals surface area contributed by atoms with Crippen molar-refractivity contribution in [1.29, 1.82) is 0 Å². The molecule has 3 aromatic rings. The molecule has 0 bridgehead atoms. The molecule has 0 spiro atoms. The van der Waals surface area contributed by atoms with E-state index in [4.69, 9.17) is 0 Å². The van der Waals surface area contributed by atoms with Gasteiger partial charge in [0.2, 0.25) is 0 Å². The van der Waals surface area contributed by atoms with Crippen LogP contribution in [0.1, 0.15) is 18.1 Å². The monoisotopic (exact) mass is 355 g/mol. The average Bonchev–Trinajstić information content (AvgIpc) is 2.65. The fourth-order valence-corrected chi connectivity index (χ4v) is 4.12. The van der Waals surface area contributed by atoms with E-state index in [2.05, 4.69) is 24.0 Å². The maximum absolute atomic E-state index is 12.7. The molecule has 0 aliphatic rings. The normalized spacial score (nSPS) is 11.2. The molecule has 2 aromatic heterocycles. The molecule has 0 saturated carbocycles. The molecule has 0 saturated heterocycles. The molecule has 0 fully saturated rings. The second-order valence-electron chi connectivity index (χ2n) is 5.95. The number of aryl methyl sites for hydroxylation is 3. The average molecular weight is 355 g/mol. The van der Waals surface area contributed by atoms with Crippen LogP contribution in [-0.2, 0) is 26.9 Å². The van der Waals surface area contributed by atoms with E-state index in [1.54, 1.807) is 25.0 Å². The van der Waals surface area contributed by atoms with E-state index in [0.29, 0.717) is 11.0 Å². The number of hydrogen-bond donors (Lipinski definition) is 0. The summed E-state index contributed by atoms with van der Waals surface area (Å²) in [4.78, 5) is 30.2. The summed E-state index contributed by atoms with van der Waals surface area (Å²) in [5.74, 6) is 0.863. The first-order chi connectivity index (χ1) is 12.0. The van der Waals surface area contributed by atoms with Crippen LogP contribution in [0.5, 0.6) is 0 Å². The Balaban J connectivity index is 2.06. The minimum atomic E-state index is -0.352. The Morgan fingerprint density at radius 2 is 1.80 bits per heavy atom. The molecule has 0 atom stereocenters. The predicted molar refractivity (Wildman–Crippen MR) is 102 cm³/mol. The molecule has 2 heterocycles. The van der Waals surface area contributed by atoms with Crippen molar-refractivity contribution in [2.24, 2.45) is 14.1 Å². The smallest absolute Gasteiger partial charge is 0.280 e. The molecule has 130 valence electrons. The zero-order valence-electron chi connectivity index (χ0n) is 14.7. The van der Waals surface area contributed by atoms with Crippen molar-refractivity contribution in [1.82, 2.24) is 14.1 Å². The topological polar surface area (TPSA) is 56.9 Å². The van der Waals surface area contributed by atoms with Gasteiger partial charge in [-0.15, -0.1) is 11.8 Å². The van der Waals surface area contributed by atoms with E-state index in [1.807, 2.05) is 18.2 Å². The Morgan fingerprint density at radius 3 is 2.48 bits per heavy atom. The highest BCUT2D eigenvalue weighted by Gasteiger charge is 2.16. The molecule has 1 aromatic carbocycles. The van der Waals surface area contributed by atoms with Gasteiger partial charge in [-0.3, -0.25) is 13.9 Å². The van der Waals surface area contributed by atoms with Crippen LogP contribution in [0.3, 0.4) is 0 Å². The van der Waals surface area contributed by atoms with Gasteiger partial charge in [0.05, 0.1) is 5.39 Å². The summed E-state index contributed by atoms with van der Waals surface area (Å²) in [7, 11) is 3.17. The van der Waals surface area contributed by atoms with Crippen molar-refractivity contribution in [3.05, 3.63) is 68.5 Å². The molecule has 0 amide bonds. The van der Waals surface area contributed by atoms with Crippen LogP contribution >= 0.6 is 11.8 Å². The van der Waals surface area contributed by atoms with Crippen LogP contribution in [0.4, 0.5) is 0 Å². The van der Waals surface area contributed by atoms with E-state index < -0.39 is 0 Å². The number of pyridine rings is 1. The third-order valence-electron chi connectivity index (χ3n) is 4.36. The SMILES string of the molecule is CCc1cnc2c(c1SCCc1ccccc1)c(=O)n(C)c(=O)n2C. The second kappa shape index (κ2) is 7.27. The van der Waals surface area contributed by atoms with Crippen LogP contribution in [0.2, 0.25) is 0 Å². The number of benzene rings is 1. The number of thioether (sulfide) groups is 1. The zero-order valence-corrected chi connectivity index (χ0v) is 15.5. The number of nitrogens with zero attached hydrogens (tertiary/aromatic N) is 3. The minimum Gasteiger partial charge on any atom is -0.280 e. The minimum absolute atomic E-state index is 0.275. The standard InChI is InChI=1S/C19H21N3O2S/c1-4-14-12-20-17-15(18(23)22(3)19(24)21(17)2)16(14)25-11-10-13-8-6-5-7-9-13/h5-9,12H,4,10-11H2,1-3H3. The van der Waals surface area contributed by atoms with Crippen molar-refractivity contribution in [3.63, 3.8) is 0 Å². The van der Waals surface area contributed by atoms with E-state index in [-0.39, 0.29) is 11.2 Å². The predicted octanol–water partition coefficient (Wildman–Crippen LogP) is 2.53. The third kappa shape index (κ3) is 3.26. The van der Waals surface area contributed by atoms with Gasteiger partial charge in [0.15, 0.2) is 0 Å². The summed E-state index contributed by atoms with van der Waals surface area (Å²) in [5.41, 5.74) is 2.14. The van der Waals surface area contributed by atoms with E-state index in [0.717, 1.165) is 33.6 Å². The Bertz CT molecular complexity index is 1020. The molecule has 0 unspecified atom stereocenters. The van der Waals surface area contributed by atoms with Crippen LogP contribution in [0.25, 0.3) is 11.0 Å². The zero-order chi connectivity index (χ0) is 18.0. The maximum atomic E-state index is 12.7. The number of fused-ring (bicyclic) bond motifs is 1. The highest BCUT2D eigenvalue weighted by molar-refractivity contribution is 7.99. The third-order valence-corrected chi connectivity index (χ3v) is 5.52. The molecule has 6 heteroatoms. The van der Waals surface area contributed by atoms with Crippen LogP contribution in [0.15, 0.2) is 51.0 Å². The lowest BCUT2D eigenvalue weighted by atomic mass is 10.2. The molecule has 5 nitrogen and oxygen atoms in total. The Hall–Kier alpha value is -2.34. The van der Waals surface area contributed by atoms with Gasteiger partial charge >= 0.3 is 5.69 Å². The van der Waals surface area contributed by atoms with E-state index >= 15 is 0 Å². The van der Waals surface area contributed by atoms with Crippen molar-refractivity contribution in [3.8, 4) is 0 Å². The maximum Gasteiger partial charge on any atom is 0.332 e. The highest BCUT2D eigenvalue weighted by atomic mass is 32.2. The number of rotatable bonds is 5. The molecule has 25 heavy (non-hydrogen) atoms. The fourth-order valence-electron chi connectivity index (χ4n) is 2.87. The molecule has 3 rings (SSSR count). The molecular formula is C19H21N3O2S. The van der Waals surface area contributed by atoms with Gasteiger partial charge < -0.3 is 0 Å². The van der Waals surface area contributed by atoms with E-state index in [1.165, 1.54) is 17.2 Å². The van der Waals surface area contributed by atoms with Gasteiger partial charge in [-0.2, -0.15) is 0 Å². The van der Waals surface area contributed by atoms with Crippen molar-refractivity contribution in [2.45, 2.75) is 24.7 Å². The van der Waals surface area contributed by atoms with Gasteiger partial charge in [-0.05, 0) is 24.0 Å². The van der Waals surface area contributed by atoms with Crippen molar-refractivity contribution in [2.75, 3.05) is 5.75 Å². The van der Waals surface area contributed by atoms with Gasteiger partial charge in [0, 0.05) is 30.9 Å².